The molecule has 0 aromatic carbocycles. The Morgan fingerprint density at radius 3 is 2.31 bits per heavy atom. The minimum absolute atomic E-state index is 0.359. The normalized spacial score (nSPS) is 23.8. The average molecular weight is 184 g/mol. The predicted octanol–water partition coefficient (Wildman–Crippen LogP) is 1.84. The van der Waals surface area contributed by atoms with Crippen LogP contribution in [-0.4, -0.2) is 31.1 Å². The van der Waals surface area contributed by atoms with Gasteiger partial charge in [0.25, 0.3) is 0 Å². The van der Waals surface area contributed by atoms with E-state index in [1.165, 1.54) is 32.1 Å². The molecule has 78 valence electrons. The Hall–Kier alpha value is -0.0800. The third-order valence-electron chi connectivity index (χ3n) is 3.51. The van der Waals surface area contributed by atoms with E-state index in [0.717, 1.165) is 5.92 Å². The molecule has 2 atom stereocenters. The quantitative estimate of drug-likeness (QED) is 0.722. The van der Waals surface area contributed by atoms with E-state index in [9.17, 15) is 0 Å². The number of rotatable bonds is 4. The van der Waals surface area contributed by atoms with Crippen molar-refractivity contribution < 1.29 is 0 Å². The largest absolute Gasteiger partial charge is 0.326 e. The molecule has 0 aliphatic heterocycles. The van der Waals surface area contributed by atoms with Gasteiger partial charge in [-0.3, -0.25) is 0 Å². The molecule has 2 unspecified atom stereocenters. The molecule has 0 radical (unpaired) electrons. The molecule has 1 aliphatic rings. The van der Waals surface area contributed by atoms with Crippen molar-refractivity contribution in [1.82, 2.24) is 4.90 Å². The molecule has 0 heterocycles. The minimum Gasteiger partial charge on any atom is -0.326 e. The van der Waals surface area contributed by atoms with Crippen molar-refractivity contribution in [2.45, 2.75) is 51.1 Å². The zero-order valence-electron chi connectivity index (χ0n) is 9.29. The molecule has 0 bridgehead atoms. The molecule has 1 aliphatic carbocycles. The van der Waals surface area contributed by atoms with Crippen LogP contribution in [0.25, 0.3) is 0 Å². The SMILES string of the molecule is CC(C(N)CC1CCCC1)N(C)C. The van der Waals surface area contributed by atoms with Gasteiger partial charge in [-0.2, -0.15) is 0 Å². The van der Waals surface area contributed by atoms with E-state index in [1.54, 1.807) is 0 Å². The fourth-order valence-electron chi connectivity index (χ4n) is 2.21. The van der Waals surface area contributed by atoms with Gasteiger partial charge in [0.05, 0.1) is 0 Å². The van der Waals surface area contributed by atoms with E-state index >= 15 is 0 Å². The van der Waals surface area contributed by atoms with Gasteiger partial charge in [0.1, 0.15) is 0 Å². The van der Waals surface area contributed by atoms with Gasteiger partial charge in [-0.1, -0.05) is 25.7 Å². The monoisotopic (exact) mass is 184 g/mol. The lowest BCUT2D eigenvalue weighted by Gasteiger charge is -2.28. The summed E-state index contributed by atoms with van der Waals surface area (Å²) < 4.78 is 0. The number of hydrogen-bond donors (Lipinski definition) is 1. The first kappa shape index (κ1) is 11.0. The Labute approximate surface area is 82.5 Å². The maximum atomic E-state index is 6.16. The molecule has 0 amide bonds. The van der Waals surface area contributed by atoms with E-state index in [4.69, 9.17) is 5.73 Å². The lowest BCUT2D eigenvalue weighted by molar-refractivity contribution is 0.247. The highest BCUT2D eigenvalue weighted by atomic mass is 15.1. The van der Waals surface area contributed by atoms with Crippen LogP contribution in [0.2, 0.25) is 0 Å². The van der Waals surface area contributed by atoms with Crippen LogP contribution in [0.5, 0.6) is 0 Å². The molecule has 1 rings (SSSR count). The average Bonchev–Trinajstić information content (AvgIpc) is 2.55. The van der Waals surface area contributed by atoms with Gasteiger partial charge in [-0.25, -0.2) is 0 Å². The van der Waals surface area contributed by atoms with Crippen LogP contribution in [0.15, 0.2) is 0 Å². The number of nitrogens with zero attached hydrogens (tertiary/aromatic N) is 1. The first-order valence-electron chi connectivity index (χ1n) is 5.53. The molecule has 0 saturated heterocycles. The van der Waals surface area contributed by atoms with Crippen LogP contribution in [0.1, 0.15) is 39.0 Å². The maximum Gasteiger partial charge on any atom is 0.0212 e. The Morgan fingerprint density at radius 2 is 1.85 bits per heavy atom. The number of likely N-dealkylation sites (N-methyl/N-ethyl adjacent to an activating group) is 1. The Morgan fingerprint density at radius 1 is 1.31 bits per heavy atom. The van der Waals surface area contributed by atoms with E-state index in [-0.39, 0.29) is 0 Å². The standard InChI is InChI=1S/C11H24N2/c1-9(13(2)3)11(12)8-10-6-4-5-7-10/h9-11H,4-8,12H2,1-3H3. The molecule has 13 heavy (non-hydrogen) atoms. The Kier molecular flexibility index (Phi) is 4.20. The van der Waals surface area contributed by atoms with Crippen molar-refractivity contribution in [3.8, 4) is 0 Å². The summed E-state index contributed by atoms with van der Waals surface area (Å²) in [5, 5.41) is 0. The fourth-order valence-corrected chi connectivity index (χ4v) is 2.21. The fraction of sp³-hybridized carbons (Fsp3) is 1.00. The second kappa shape index (κ2) is 4.97. The first-order chi connectivity index (χ1) is 6.11. The minimum atomic E-state index is 0.359. The highest BCUT2D eigenvalue weighted by Crippen LogP contribution is 2.28. The third-order valence-corrected chi connectivity index (χ3v) is 3.51. The highest BCUT2D eigenvalue weighted by Gasteiger charge is 2.22. The summed E-state index contributed by atoms with van der Waals surface area (Å²) in [4.78, 5) is 2.22. The van der Waals surface area contributed by atoms with Crippen molar-refractivity contribution >= 4 is 0 Å². The van der Waals surface area contributed by atoms with Crippen LogP contribution in [-0.2, 0) is 0 Å². The summed E-state index contributed by atoms with van der Waals surface area (Å²) in [6.45, 7) is 2.22. The molecular formula is C11H24N2. The van der Waals surface area contributed by atoms with Crippen LogP contribution in [0, 0.1) is 5.92 Å². The molecule has 2 nitrogen and oxygen atoms in total. The van der Waals surface area contributed by atoms with E-state index in [0.29, 0.717) is 12.1 Å². The second-order valence-corrected chi connectivity index (χ2v) is 4.75. The number of nitrogens with two attached hydrogens (primary N) is 1. The second-order valence-electron chi connectivity index (χ2n) is 4.75. The van der Waals surface area contributed by atoms with Crippen LogP contribution < -0.4 is 5.73 Å². The molecule has 1 fully saturated rings. The Balaban J connectivity index is 2.26. The van der Waals surface area contributed by atoms with Gasteiger partial charge in [0.15, 0.2) is 0 Å². The van der Waals surface area contributed by atoms with Gasteiger partial charge < -0.3 is 10.6 Å². The maximum absolute atomic E-state index is 6.16. The molecular weight excluding hydrogens is 160 g/mol. The first-order valence-corrected chi connectivity index (χ1v) is 5.53. The van der Waals surface area contributed by atoms with Crippen LogP contribution in [0.4, 0.5) is 0 Å². The van der Waals surface area contributed by atoms with Crippen molar-refractivity contribution in [2.24, 2.45) is 11.7 Å². The predicted molar refractivity (Wildman–Crippen MR) is 57.7 cm³/mol. The van der Waals surface area contributed by atoms with Crippen molar-refractivity contribution in [3.05, 3.63) is 0 Å². The van der Waals surface area contributed by atoms with Gasteiger partial charge in [-0.05, 0) is 33.4 Å². The summed E-state index contributed by atoms with van der Waals surface area (Å²) in [5.74, 6) is 0.914. The Bertz CT molecular complexity index is 139. The smallest absolute Gasteiger partial charge is 0.0212 e. The summed E-state index contributed by atoms with van der Waals surface area (Å²) >= 11 is 0. The van der Waals surface area contributed by atoms with Crippen molar-refractivity contribution in [3.63, 3.8) is 0 Å². The van der Waals surface area contributed by atoms with Gasteiger partial charge in [-0.15, -0.1) is 0 Å². The molecule has 0 spiro atoms. The third kappa shape index (κ3) is 3.28. The summed E-state index contributed by atoms with van der Waals surface area (Å²) in [7, 11) is 4.22. The molecule has 2 heteroatoms. The van der Waals surface area contributed by atoms with Gasteiger partial charge in [0.2, 0.25) is 0 Å². The van der Waals surface area contributed by atoms with Crippen LogP contribution in [0.3, 0.4) is 0 Å². The summed E-state index contributed by atoms with van der Waals surface area (Å²) in [5.41, 5.74) is 6.16. The van der Waals surface area contributed by atoms with Crippen molar-refractivity contribution in [1.29, 1.82) is 0 Å². The lowest BCUT2D eigenvalue weighted by Crippen LogP contribution is -2.43. The van der Waals surface area contributed by atoms with Gasteiger partial charge >= 0.3 is 0 Å². The van der Waals surface area contributed by atoms with E-state index in [2.05, 4.69) is 25.9 Å². The molecule has 0 aromatic heterocycles. The molecule has 0 aromatic rings. The topological polar surface area (TPSA) is 29.3 Å². The van der Waals surface area contributed by atoms with Gasteiger partial charge in [0, 0.05) is 12.1 Å². The highest BCUT2D eigenvalue weighted by molar-refractivity contribution is 4.80. The summed E-state index contributed by atoms with van der Waals surface area (Å²) in [6.07, 6.45) is 6.89. The zero-order chi connectivity index (χ0) is 9.84. The summed E-state index contributed by atoms with van der Waals surface area (Å²) in [6, 6.07) is 0.874. The van der Waals surface area contributed by atoms with Crippen molar-refractivity contribution in [2.75, 3.05) is 14.1 Å². The lowest BCUT2D eigenvalue weighted by atomic mass is 9.95. The molecule has 2 N–H and O–H groups in total. The van der Waals surface area contributed by atoms with E-state index in [1.807, 2.05) is 0 Å². The van der Waals surface area contributed by atoms with Crippen LogP contribution >= 0.6 is 0 Å². The zero-order valence-corrected chi connectivity index (χ0v) is 9.29. The number of hydrogen-bond acceptors (Lipinski definition) is 2. The van der Waals surface area contributed by atoms with E-state index < -0.39 is 0 Å². The molecule has 1 saturated carbocycles.